The van der Waals surface area contributed by atoms with Gasteiger partial charge in [-0.05, 0) is 67.1 Å². The van der Waals surface area contributed by atoms with Crippen LogP contribution in [-0.4, -0.2) is 26.5 Å². The van der Waals surface area contributed by atoms with Gasteiger partial charge in [-0.25, -0.2) is 12.8 Å². The summed E-state index contributed by atoms with van der Waals surface area (Å²) >= 11 is 1.20. The van der Waals surface area contributed by atoms with Crippen LogP contribution in [0.15, 0.2) is 71.6 Å². The highest BCUT2D eigenvalue weighted by molar-refractivity contribution is 7.90. The maximum absolute atomic E-state index is 13.9. The van der Waals surface area contributed by atoms with Crippen molar-refractivity contribution >= 4 is 54.4 Å². The molecule has 0 bridgehead atoms. The molecule has 1 heterocycles. The Labute approximate surface area is 194 Å². The molecule has 9 heteroatoms. The minimum atomic E-state index is -3.43. The second-order valence-corrected chi connectivity index (χ2v) is 10.6. The number of hydrogen-bond donors (Lipinski definition) is 2. The summed E-state index contributed by atoms with van der Waals surface area (Å²) in [5.41, 5.74) is 1.95. The molecule has 168 valence electrons. The molecule has 2 N–H and O–H groups in total. The van der Waals surface area contributed by atoms with Gasteiger partial charge in [0.25, 0.3) is 11.8 Å². The number of thiophene rings is 1. The van der Waals surface area contributed by atoms with Crippen LogP contribution in [0.25, 0.3) is 10.1 Å². The molecule has 0 aliphatic heterocycles. The molecule has 6 nitrogen and oxygen atoms in total. The maximum Gasteiger partial charge on any atom is 0.265 e. The standard InChI is InChI=1S/C24H19FN2O4S2/c1-14-11-16(26-24(29)22-13-18-19(25)7-4-8-21(18)32-22)9-10-20(14)27-23(28)15-5-3-6-17(12-15)33(2,30)31/h3-13H,1-2H3,(H,26,29)(H,27,28). The highest BCUT2D eigenvalue weighted by Crippen LogP contribution is 2.29. The number of halogens is 1. The zero-order valence-electron chi connectivity index (χ0n) is 17.7. The van der Waals surface area contributed by atoms with Gasteiger partial charge in [-0.3, -0.25) is 9.59 Å². The van der Waals surface area contributed by atoms with E-state index in [0.29, 0.717) is 31.9 Å². The third-order valence-electron chi connectivity index (χ3n) is 4.99. The summed E-state index contributed by atoms with van der Waals surface area (Å²) in [7, 11) is -3.43. The first-order valence-corrected chi connectivity index (χ1v) is 12.5. The number of amides is 2. The molecule has 3 aromatic carbocycles. The lowest BCUT2D eigenvalue weighted by molar-refractivity contribution is 0.102. The van der Waals surface area contributed by atoms with Crippen LogP contribution in [0.4, 0.5) is 15.8 Å². The first-order chi connectivity index (χ1) is 15.6. The van der Waals surface area contributed by atoms with Gasteiger partial charge < -0.3 is 10.6 Å². The molecular formula is C24H19FN2O4S2. The van der Waals surface area contributed by atoms with Gasteiger partial charge in [-0.15, -0.1) is 11.3 Å². The van der Waals surface area contributed by atoms with Gasteiger partial charge in [-0.2, -0.15) is 0 Å². The van der Waals surface area contributed by atoms with Crippen LogP contribution >= 0.6 is 11.3 Å². The Morgan fingerprint density at radius 3 is 2.36 bits per heavy atom. The fourth-order valence-corrected chi connectivity index (χ4v) is 4.91. The zero-order chi connectivity index (χ0) is 23.8. The van der Waals surface area contributed by atoms with Crippen LogP contribution in [0.5, 0.6) is 0 Å². The maximum atomic E-state index is 13.9. The lowest BCUT2D eigenvalue weighted by atomic mass is 10.1. The minimum Gasteiger partial charge on any atom is -0.322 e. The van der Waals surface area contributed by atoms with E-state index in [0.717, 1.165) is 6.26 Å². The van der Waals surface area contributed by atoms with Gasteiger partial charge in [0.1, 0.15) is 5.82 Å². The van der Waals surface area contributed by atoms with Crippen molar-refractivity contribution < 1.29 is 22.4 Å². The Morgan fingerprint density at radius 2 is 1.67 bits per heavy atom. The molecule has 0 saturated carbocycles. The second-order valence-electron chi connectivity index (χ2n) is 7.50. The Balaban J connectivity index is 1.49. The third kappa shape index (κ3) is 4.94. The summed E-state index contributed by atoms with van der Waals surface area (Å²) in [6, 6.07) is 17.0. The smallest absolute Gasteiger partial charge is 0.265 e. The van der Waals surface area contributed by atoms with Gasteiger partial charge in [0.05, 0.1) is 9.77 Å². The summed E-state index contributed by atoms with van der Waals surface area (Å²) < 4.78 is 38.1. The van der Waals surface area contributed by atoms with Crippen LogP contribution < -0.4 is 10.6 Å². The van der Waals surface area contributed by atoms with Crippen LogP contribution in [0, 0.1) is 12.7 Å². The highest BCUT2D eigenvalue weighted by Gasteiger charge is 2.15. The van der Waals surface area contributed by atoms with Crippen molar-refractivity contribution in [3.8, 4) is 0 Å². The van der Waals surface area contributed by atoms with Gasteiger partial charge >= 0.3 is 0 Å². The number of aryl methyl sites for hydroxylation is 1. The number of anilines is 2. The van der Waals surface area contributed by atoms with Crippen LogP contribution in [0.2, 0.25) is 0 Å². The fraction of sp³-hybridized carbons (Fsp3) is 0.0833. The SMILES string of the molecule is Cc1cc(NC(=O)c2cc3c(F)cccc3s2)ccc1NC(=O)c1cccc(S(C)(=O)=O)c1. The molecule has 33 heavy (non-hydrogen) atoms. The van der Waals surface area contributed by atoms with E-state index in [4.69, 9.17) is 0 Å². The Morgan fingerprint density at radius 1 is 0.909 bits per heavy atom. The van der Waals surface area contributed by atoms with Gasteiger partial charge in [0.15, 0.2) is 9.84 Å². The molecule has 0 atom stereocenters. The van der Waals surface area contributed by atoms with E-state index in [1.165, 1.54) is 47.7 Å². The molecule has 2 amide bonds. The van der Waals surface area contributed by atoms with Crippen molar-refractivity contribution in [3.63, 3.8) is 0 Å². The number of nitrogens with one attached hydrogen (secondary N) is 2. The summed E-state index contributed by atoms with van der Waals surface area (Å²) in [5, 5.41) is 5.95. The molecule has 0 aliphatic carbocycles. The Hall–Kier alpha value is -3.56. The molecule has 0 aliphatic rings. The van der Waals surface area contributed by atoms with Crippen molar-refractivity contribution in [1.82, 2.24) is 0 Å². The average molecular weight is 483 g/mol. The van der Waals surface area contributed by atoms with E-state index in [1.807, 2.05) is 0 Å². The normalized spacial score (nSPS) is 11.4. The van der Waals surface area contributed by atoms with Crippen molar-refractivity contribution in [1.29, 1.82) is 0 Å². The second kappa shape index (κ2) is 8.76. The first kappa shape index (κ1) is 22.6. The summed E-state index contributed by atoms with van der Waals surface area (Å²) in [4.78, 5) is 25.7. The number of sulfone groups is 1. The van der Waals surface area contributed by atoms with Crippen molar-refractivity contribution in [2.45, 2.75) is 11.8 Å². The van der Waals surface area contributed by atoms with E-state index in [-0.39, 0.29) is 22.2 Å². The van der Waals surface area contributed by atoms with E-state index in [9.17, 15) is 22.4 Å². The number of fused-ring (bicyclic) bond motifs is 1. The van der Waals surface area contributed by atoms with Crippen LogP contribution in [0.3, 0.4) is 0 Å². The average Bonchev–Trinajstić information content (AvgIpc) is 3.21. The fourth-order valence-electron chi connectivity index (χ4n) is 3.27. The number of hydrogen-bond acceptors (Lipinski definition) is 5. The number of rotatable bonds is 5. The molecule has 0 radical (unpaired) electrons. The van der Waals surface area contributed by atoms with Gasteiger partial charge in [0, 0.05) is 33.3 Å². The van der Waals surface area contributed by atoms with Gasteiger partial charge in [0.2, 0.25) is 0 Å². The lowest BCUT2D eigenvalue weighted by Gasteiger charge is -2.11. The molecule has 0 spiro atoms. The zero-order valence-corrected chi connectivity index (χ0v) is 19.3. The lowest BCUT2D eigenvalue weighted by Crippen LogP contribution is -2.14. The number of carbonyl (C=O) groups excluding carboxylic acids is 2. The number of benzene rings is 3. The van der Waals surface area contributed by atoms with Crippen molar-refractivity contribution in [2.24, 2.45) is 0 Å². The molecule has 0 fully saturated rings. The molecule has 0 unspecified atom stereocenters. The predicted molar refractivity (Wildman–Crippen MR) is 128 cm³/mol. The van der Waals surface area contributed by atoms with Crippen LogP contribution in [0.1, 0.15) is 25.6 Å². The van der Waals surface area contributed by atoms with Gasteiger partial charge in [-0.1, -0.05) is 12.1 Å². The largest absolute Gasteiger partial charge is 0.322 e. The van der Waals surface area contributed by atoms with E-state index in [1.54, 1.807) is 37.3 Å². The highest BCUT2D eigenvalue weighted by atomic mass is 32.2. The van der Waals surface area contributed by atoms with Crippen molar-refractivity contribution in [3.05, 3.63) is 88.6 Å². The molecule has 4 rings (SSSR count). The first-order valence-electron chi connectivity index (χ1n) is 9.83. The van der Waals surface area contributed by atoms with E-state index < -0.39 is 15.7 Å². The molecule has 0 saturated heterocycles. The van der Waals surface area contributed by atoms with E-state index in [2.05, 4.69) is 10.6 Å². The summed E-state index contributed by atoms with van der Waals surface area (Å²) in [6.07, 6.45) is 1.08. The minimum absolute atomic E-state index is 0.0612. The molecule has 1 aromatic heterocycles. The Bertz CT molecular complexity index is 1510. The summed E-state index contributed by atoms with van der Waals surface area (Å²) in [6.45, 7) is 1.77. The topological polar surface area (TPSA) is 92.3 Å². The summed E-state index contributed by atoms with van der Waals surface area (Å²) in [5.74, 6) is -1.18. The predicted octanol–water partition coefficient (Wildman–Crippen LogP) is 5.26. The third-order valence-corrected chi connectivity index (χ3v) is 7.20. The molecule has 4 aromatic rings. The van der Waals surface area contributed by atoms with Crippen LogP contribution in [-0.2, 0) is 9.84 Å². The Kier molecular flexibility index (Phi) is 6.01. The van der Waals surface area contributed by atoms with E-state index >= 15 is 0 Å². The monoisotopic (exact) mass is 482 g/mol. The quantitative estimate of drug-likeness (QED) is 0.406. The molecular weight excluding hydrogens is 463 g/mol. The number of carbonyl (C=O) groups is 2. The van der Waals surface area contributed by atoms with Crippen molar-refractivity contribution in [2.75, 3.05) is 16.9 Å².